The first-order valence-electron chi connectivity index (χ1n) is 8.58. The smallest absolute Gasteiger partial charge is 0.255 e. The molecule has 0 saturated carbocycles. The Labute approximate surface area is 155 Å². The van der Waals surface area contributed by atoms with Gasteiger partial charge in [-0.2, -0.15) is 0 Å². The van der Waals surface area contributed by atoms with Crippen LogP contribution in [0.4, 0.5) is 4.39 Å². The molecule has 6 nitrogen and oxygen atoms in total. The van der Waals surface area contributed by atoms with Gasteiger partial charge in [0.1, 0.15) is 17.7 Å². The van der Waals surface area contributed by atoms with E-state index in [4.69, 9.17) is 0 Å². The van der Waals surface area contributed by atoms with E-state index in [0.717, 1.165) is 0 Å². The Morgan fingerprint density at radius 1 is 1.19 bits per heavy atom. The fraction of sp³-hybridized carbons (Fsp3) is 0.150. The second-order valence-electron chi connectivity index (χ2n) is 6.23. The molecule has 0 bridgehead atoms. The minimum atomic E-state index is -0.883. The molecule has 2 heterocycles. The lowest BCUT2D eigenvalue weighted by Gasteiger charge is -2.35. The zero-order chi connectivity index (χ0) is 18.8. The molecule has 27 heavy (non-hydrogen) atoms. The highest BCUT2D eigenvalue weighted by atomic mass is 19.1. The van der Waals surface area contributed by atoms with Gasteiger partial charge in [-0.15, -0.1) is 0 Å². The number of nitrogens with zero attached hydrogens (tertiary/aromatic N) is 2. The van der Waals surface area contributed by atoms with Crippen LogP contribution >= 0.6 is 0 Å². The molecule has 7 heteroatoms. The van der Waals surface area contributed by atoms with Gasteiger partial charge in [-0.05, 0) is 23.8 Å². The number of aromatic nitrogens is 2. The highest BCUT2D eigenvalue weighted by Crippen LogP contribution is 2.28. The van der Waals surface area contributed by atoms with E-state index in [2.05, 4.69) is 15.3 Å². The zero-order valence-electron chi connectivity index (χ0n) is 14.4. The van der Waals surface area contributed by atoms with Gasteiger partial charge in [0.15, 0.2) is 0 Å². The number of halogens is 1. The molecule has 1 atom stereocenters. The average molecular weight is 364 g/mol. The monoisotopic (exact) mass is 364 g/mol. The Morgan fingerprint density at radius 2 is 2.04 bits per heavy atom. The van der Waals surface area contributed by atoms with Gasteiger partial charge in [-0.1, -0.05) is 30.3 Å². The van der Waals surface area contributed by atoms with E-state index < -0.39 is 11.9 Å². The Kier molecular flexibility index (Phi) is 4.42. The highest BCUT2D eigenvalue weighted by molar-refractivity contribution is 6.02. The molecule has 4 rings (SSSR count). The number of rotatable bonds is 3. The Morgan fingerprint density at radius 3 is 2.81 bits per heavy atom. The topological polar surface area (TPSA) is 78.1 Å². The number of imidazole rings is 1. The lowest BCUT2D eigenvalue weighted by atomic mass is 9.99. The fourth-order valence-corrected chi connectivity index (χ4v) is 3.34. The van der Waals surface area contributed by atoms with Crippen molar-refractivity contribution in [1.82, 2.24) is 20.2 Å². The number of hydrogen-bond donors (Lipinski definition) is 2. The molecule has 2 amide bonds. The summed E-state index contributed by atoms with van der Waals surface area (Å²) in [5.74, 6) is -0.501. The standard InChI is InChI=1S/C20H17FN4O2/c21-14-5-3-4-13(12-14)17-19(26)24-10-11-25(17)20(27)16-7-2-1-6-15(16)18-22-8-9-23-18/h1-9,12,17H,10-11H2,(H,22,23)(H,24,26)/t17-/m1/s1. The van der Waals surface area contributed by atoms with Crippen LogP contribution in [0.5, 0.6) is 0 Å². The molecule has 2 aromatic carbocycles. The van der Waals surface area contributed by atoms with Crippen LogP contribution in [0.15, 0.2) is 60.9 Å². The van der Waals surface area contributed by atoms with Crippen molar-refractivity contribution in [2.45, 2.75) is 6.04 Å². The van der Waals surface area contributed by atoms with Crippen LogP contribution in [-0.4, -0.2) is 39.8 Å². The van der Waals surface area contributed by atoms with Gasteiger partial charge in [-0.25, -0.2) is 9.37 Å². The molecule has 0 spiro atoms. The lowest BCUT2D eigenvalue weighted by molar-refractivity contribution is -0.128. The number of amides is 2. The number of hydrogen-bond acceptors (Lipinski definition) is 3. The van der Waals surface area contributed by atoms with E-state index in [1.54, 1.807) is 36.7 Å². The number of H-pyrrole nitrogens is 1. The molecule has 1 aromatic heterocycles. The Bertz CT molecular complexity index is 987. The van der Waals surface area contributed by atoms with Crippen molar-refractivity contribution >= 4 is 11.8 Å². The molecule has 3 aromatic rings. The highest BCUT2D eigenvalue weighted by Gasteiger charge is 2.35. The molecule has 136 valence electrons. The summed E-state index contributed by atoms with van der Waals surface area (Å²) in [6.45, 7) is 0.678. The lowest BCUT2D eigenvalue weighted by Crippen LogP contribution is -2.52. The number of aromatic amines is 1. The second kappa shape index (κ2) is 7.03. The van der Waals surface area contributed by atoms with Crippen molar-refractivity contribution in [3.05, 3.63) is 77.9 Å². The summed E-state index contributed by atoms with van der Waals surface area (Å²) < 4.78 is 13.7. The van der Waals surface area contributed by atoms with Crippen molar-refractivity contribution in [3.63, 3.8) is 0 Å². The number of nitrogens with one attached hydrogen (secondary N) is 2. The predicted molar refractivity (Wildman–Crippen MR) is 97.2 cm³/mol. The van der Waals surface area contributed by atoms with E-state index in [1.165, 1.54) is 23.1 Å². The zero-order valence-corrected chi connectivity index (χ0v) is 14.4. The van der Waals surface area contributed by atoms with Gasteiger partial charge in [0.05, 0.1) is 5.56 Å². The molecule has 2 N–H and O–H groups in total. The van der Waals surface area contributed by atoms with Crippen LogP contribution in [0.3, 0.4) is 0 Å². The summed E-state index contributed by atoms with van der Waals surface area (Å²) in [5.41, 5.74) is 1.52. The summed E-state index contributed by atoms with van der Waals surface area (Å²) in [6, 6.07) is 12.0. The minimum absolute atomic E-state index is 0.300. The van der Waals surface area contributed by atoms with Crippen molar-refractivity contribution in [3.8, 4) is 11.4 Å². The van der Waals surface area contributed by atoms with Crippen LogP contribution in [0, 0.1) is 5.82 Å². The summed E-state index contributed by atoms with van der Waals surface area (Å²) >= 11 is 0. The van der Waals surface area contributed by atoms with Crippen LogP contribution < -0.4 is 5.32 Å². The van der Waals surface area contributed by atoms with Gasteiger partial charge in [0.25, 0.3) is 5.91 Å². The van der Waals surface area contributed by atoms with Crippen molar-refractivity contribution in [2.24, 2.45) is 0 Å². The van der Waals surface area contributed by atoms with E-state index in [9.17, 15) is 14.0 Å². The van der Waals surface area contributed by atoms with Crippen LogP contribution in [0.25, 0.3) is 11.4 Å². The third kappa shape index (κ3) is 3.19. The Balaban J connectivity index is 1.75. The van der Waals surface area contributed by atoms with Gasteiger partial charge in [-0.3, -0.25) is 9.59 Å². The normalized spacial score (nSPS) is 16.9. The summed E-state index contributed by atoms with van der Waals surface area (Å²) in [7, 11) is 0. The van der Waals surface area contributed by atoms with E-state index in [0.29, 0.717) is 35.6 Å². The van der Waals surface area contributed by atoms with Crippen LogP contribution in [0.2, 0.25) is 0 Å². The van der Waals surface area contributed by atoms with Gasteiger partial charge >= 0.3 is 0 Å². The van der Waals surface area contributed by atoms with Crippen molar-refractivity contribution in [2.75, 3.05) is 13.1 Å². The number of piperazine rings is 1. The molecule has 1 saturated heterocycles. The minimum Gasteiger partial charge on any atom is -0.352 e. The molecule has 0 unspecified atom stereocenters. The van der Waals surface area contributed by atoms with Crippen LogP contribution in [0.1, 0.15) is 22.0 Å². The molecular weight excluding hydrogens is 347 g/mol. The molecular formula is C20H17FN4O2. The van der Waals surface area contributed by atoms with Crippen LogP contribution in [-0.2, 0) is 4.79 Å². The average Bonchev–Trinajstić information content (AvgIpc) is 3.22. The third-order valence-electron chi connectivity index (χ3n) is 4.55. The van der Waals surface area contributed by atoms with E-state index in [-0.39, 0.29) is 11.8 Å². The first-order valence-corrected chi connectivity index (χ1v) is 8.58. The number of carbonyl (C=O) groups is 2. The summed E-state index contributed by atoms with van der Waals surface area (Å²) in [4.78, 5) is 34.6. The Hall–Kier alpha value is -3.48. The molecule has 1 fully saturated rings. The van der Waals surface area contributed by atoms with E-state index in [1.807, 2.05) is 6.07 Å². The second-order valence-corrected chi connectivity index (χ2v) is 6.23. The quantitative estimate of drug-likeness (QED) is 0.750. The molecule has 0 radical (unpaired) electrons. The van der Waals surface area contributed by atoms with Gasteiger partial charge in [0.2, 0.25) is 5.91 Å². The first kappa shape index (κ1) is 17.0. The fourth-order valence-electron chi connectivity index (χ4n) is 3.34. The largest absolute Gasteiger partial charge is 0.352 e. The number of benzene rings is 2. The summed E-state index contributed by atoms with van der Waals surface area (Å²) in [6.07, 6.45) is 3.29. The van der Waals surface area contributed by atoms with E-state index >= 15 is 0 Å². The SMILES string of the molecule is O=C1NCCN(C(=O)c2ccccc2-c2ncc[nH]2)[C@@H]1c1cccc(F)c1. The summed E-state index contributed by atoms with van der Waals surface area (Å²) in [5, 5.41) is 2.75. The molecule has 0 aliphatic carbocycles. The van der Waals surface area contributed by atoms with Gasteiger partial charge < -0.3 is 15.2 Å². The molecule has 1 aliphatic heterocycles. The predicted octanol–water partition coefficient (Wildman–Crippen LogP) is 2.53. The molecule has 1 aliphatic rings. The van der Waals surface area contributed by atoms with Crippen molar-refractivity contribution in [1.29, 1.82) is 0 Å². The third-order valence-corrected chi connectivity index (χ3v) is 4.55. The van der Waals surface area contributed by atoms with Crippen molar-refractivity contribution < 1.29 is 14.0 Å². The maximum Gasteiger partial charge on any atom is 0.255 e. The number of carbonyl (C=O) groups excluding carboxylic acids is 2. The maximum absolute atomic E-state index is 13.7. The maximum atomic E-state index is 13.7. The first-order chi connectivity index (χ1) is 13.1. The van der Waals surface area contributed by atoms with Gasteiger partial charge in [0, 0.05) is 31.0 Å².